The normalized spacial score (nSPS) is 11.8. The molecule has 0 aliphatic carbocycles. The van der Waals surface area contributed by atoms with Gasteiger partial charge in [0.2, 0.25) is 0 Å². The van der Waals surface area contributed by atoms with E-state index in [0.717, 1.165) is 60.5 Å². The second kappa shape index (κ2) is 10.7. The van der Waals surface area contributed by atoms with Crippen LogP contribution in [0.1, 0.15) is 0 Å². The van der Waals surface area contributed by atoms with Gasteiger partial charge < -0.3 is 4.42 Å². The number of furan rings is 1. The highest BCUT2D eigenvalue weighted by Gasteiger charge is 2.22. The van der Waals surface area contributed by atoms with Gasteiger partial charge in [-0.1, -0.05) is 115 Å². The Labute approximate surface area is 279 Å². The lowest BCUT2D eigenvalue weighted by atomic mass is 9.98. The van der Waals surface area contributed by atoms with Crippen molar-refractivity contribution in [2.24, 2.45) is 0 Å². The van der Waals surface area contributed by atoms with E-state index in [-0.39, 0.29) is 0 Å². The number of aromatic nitrogens is 3. The molecule has 3 heterocycles. The molecule has 0 saturated heterocycles. The Kier molecular flexibility index (Phi) is 6.01. The van der Waals surface area contributed by atoms with Crippen LogP contribution in [0.3, 0.4) is 0 Å². The molecule has 0 unspecified atom stereocenters. The van der Waals surface area contributed by atoms with Gasteiger partial charge in [-0.3, -0.25) is 0 Å². The fraction of sp³-hybridized carbons (Fsp3) is 0. The first-order chi connectivity index (χ1) is 23.8. The fourth-order valence-corrected chi connectivity index (χ4v) is 8.03. The molecule has 0 aliphatic heterocycles. The van der Waals surface area contributed by atoms with Crippen LogP contribution in [0.4, 0.5) is 0 Å². The quantitative estimate of drug-likeness (QED) is 0.194. The number of hydrogen-bond acceptors (Lipinski definition) is 5. The number of hydrogen-bond donors (Lipinski definition) is 0. The van der Waals surface area contributed by atoms with Crippen molar-refractivity contribution in [2.45, 2.75) is 0 Å². The number of fused-ring (bicyclic) bond motifs is 7. The average Bonchev–Trinajstić information content (AvgIpc) is 3.74. The smallest absolute Gasteiger partial charge is 0.164 e. The van der Waals surface area contributed by atoms with Crippen molar-refractivity contribution in [3.05, 3.63) is 152 Å². The third-order valence-corrected chi connectivity index (χ3v) is 10.3. The highest BCUT2D eigenvalue weighted by atomic mass is 32.1. The molecular weight excluding hydrogens is 607 g/mol. The van der Waals surface area contributed by atoms with Gasteiger partial charge in [0.05, 0.1) is 0 Å². The van der Waals surface area contributed by atoms with Crippen molar-refractivity contribution < 1.29 is 4.42 Å². The van der Waals surface area contributed by atoms with Gasteiger partial charge >= 0.3 is 0 Å². The van der Waals surface area contributed by atoms with Crippen molar-refractivity contribution in [2.75, 3.05) is 0 Å². The van der Waals surface area contributed by atoms with Crippen LogP contribution in [0.2, 0.25) is 0 Å². The van der Waals surface area contributed by atoms with Crippen LogP contribution in [0.25, 0.3) is 98.2 Å². The lowest BCUT2D eigenvalue weighted by Crippen LogP contribution is -2.01. The van der Waals surface area contributed by atoms with Gasteiger partial charge in [0, 0.05) is 53.2 Å². The summed E-state index contributed by atoms with van der Waals surface area (Å²) in [4.78, 5) is 15.7. The van der Waals surface area contributed by atoms with E-state index in [0.29, 0.717) is 17.5 Å². The summed E-state index contributed by atoms with van der Waals surface area (Å²) in [5.41, 5.74) is 6.61. The minimum absolute atomic E-state index is 0.607. The molecule has 3 aromatic heterocycles. The van der Waals surface area contributed by atoms with Crippen LogP contribution in [-0.2, 0) is 0 Å². The fourth-order valence-electron chi connectivity index (χ4n) is 6.89. The standard InChI is InChI=1S/C43H25N3OS/c1-2-12-27(13-3-1)30-23-24-34(39-31-15-6-8-18-35(31)47-40(30)39)43-45-41(29-22-21-26-11-4-5-14-28(26)25-29)44-42(46-43)33-17-10-20-37-38(33)32-16-7-9-19-36(32)48-37/h1-25H. The Morgan fingerprint density at radius 2 is 1.08 bits per heavy atom. The Hall–Kier alpha value is -6.17. The maximum absolute atomic E-state index is 6.60. The average molecular weight is 632 g/mol. The van der Waals surface area contributed by atoms with E-state index in [2.05, 4.69) is 133 Å². The molecule has 0 bridgehead atoms. The van der Waals surface area contributed by atoms with E-state index < -0.39 is 0 Å². The minimum Gasteiger partial charge on any atom is -0.455 e. The number of benzene rings is 7. The van der Waals surface area contributed by atoms with E-state index in [9.17, 15) is 0 Å². The second-order valence-electron chi connectivity index (χ2n) is 12.0. The topological polar surface area (TPSA) is 51.8 Å². The number of rotatable bonds is 4. The third-order valence-electron chi connectivity index (χ3n) is 9.14. The zero-order chi connectivity index (χ0) is 31.6. The van der Waals surface area contributed by atoms with Crippen LogP contribution in [0, 0.1) is 0 Å². The summed E-state index contributed by atoms with van der Waals surface area (Å²) < 4.78 is 9.05. The van der Waals surface area contributed by atoms with Crippen LogP contribution >= 0.6 is 11.3 Å². The zero-order valence-corrected chi connectivity index (χ0v) is 26.4. The molecule has 224 valence electrons. The Bertz CT molecular complexity index is 2850. The summed E-state index contributed by atoms with van der Waals surface area (Å²) in [6.07, 6.45) is 0. The molecule has 0 amide bonds. The minimum atomic E-state index is 0.607. The molecule has 10 rings (SSSR count). The van der Waals surface area contributed by atoms with E-state index in [4.69, 9.17) is 19.4 Å². The number of para-hydroxylation sites is 1. The maximum Gasteiger partial charge on any atom is 0.164 e. The second-order valence-corrected chi connectivity index (χ2v) is 13.1. The molecule has 0 atom stereocenters. The molecule has 48 heavy (non-hydrogen) atoms. The molecule has 0 spiro atoms. The molecule has 0 fully saturated rings. The lowest BCUT2D eigenvalue weighted by molar-refractivity contribution is 0.670. The summed E-state index contributed by atoms with van der Waals surface area (Å²) in [5, 5.41) is 6.71. The summed E-state index contributed by atoms with van der Waals surface area (Å²) >= 11 is 1.79. The van der Waals surface area contributed by atoms with E-state index in [1.807, 2.05) is 18.2 Å². The molecule has 0 saturated carbocycles. The third kappa shape index (κ3) is 4.25. The van der Waals surface area contributed by atoms with Gasteiger partial charge in [0.1, 0.15) is 11.2 Å². The molecule has 4 nitrogen and oxygen atoms in total. The monoisotopic (exact) mass is 631 g/mol. The molecular formula is C43H25N3OS. The van der Waals surface area contributed by atoms with Crippen LogP contribution < -0.4 is 0 Å². The molecule has 0 radical (unpaired) electrons. The Balaban J connectivity index is 1.29. The van der Waals surface area contributed by atoms with Gasteiger partial charge in [0.15, 0.2) is 17.5 Å². The van der Waals surface area contributed by atoms with Crippen molar-refractivity contribution in [3.8, 4) is 45.3 Å². The Morgan fingerprint density at radius 3 is 1.96 bits per heavy atom. The Morgan fingerprint density at radius 1 is 0.417 bits per heavy atom. The zero-order valence-electron chi connectivity index (χ0n) is 25.6. The first-order valence-corrected chi connectivity index (χ1v) is 16.8. The van der Waals surface area contributed by atoms with Gasteiger partial charge in [0.25, 0.3) is 0 Å². The summed E-state index contributed by atoms with van der Waals surface area (Å²) in [6, 6.07) is 52.6. The van der Waals surface area contributed by atoms with Crippen molar-refractivity contribution >= 4 is 64.2 Å². The van der Waals surface area contributed by atoms with Crippen molar-refractivity contribution in [3.63, 3.8) is 0 Å². The largest absolute Gasteiger partial charge is 0.455 e. The predicted molar refractivity (Wildman–Crippen MR) is 199 cm³/mol. The van der Waals surface area contributed by atoms with Gasteiger partial charge in [-0.15, -0.1) is 11.3 Å². The van der Waals surface area contributed by atoms with E-state index in [1.165, 1.54) is 20.2 Å². The highest BCUT2D eigenvalue weighted by molar-refractivity contribution is 7.25. The molecule has 7 aromatic carbocycles. The van der Waals surface area contributed by atoms with Gasteiger partial charge in [-0.2, -0.15) is 0 Å². The van der Waals surface area contributed by atoms with Crippen LogP contribution in [0.5, 0.6) is 0 Å². The highest BCUT2D eigenvalue weighted by Crippen LogP contribution is 2.43. The maximum atomic E-state index is 6.60. The van der Waals surface area contributed by atoms with E-state index in [1.54, 1.807) is 11.3 Å². The van der Waals surface area contributed by atoms with Crippen molar-refractivity contribution in [1.29, 1.82) is 0 Å². The van der Waals surface area contributed by atoms with Gasteiger partial charge in [-0.25, -0.2) is 15.0 Å². The first-order valence-electron chi connectivity index (χ1n) is 15.9. The van der Waals surface area contributed by atoms with Crippen LogP contribution in [-0.4, -0.2) is 15.0 Å². The number of nitrogens with zero attached hydrogens (tertiary/aromatic N) is 3. The van der Waals surface area contributed by atoms with E-state index >= 15 is 0 Å². The molecule has 0 N–H and O–H groups in total. The van der Waals surface area contributed by atoms with Crippen LogP contribution in [0.15, 0.2) is 156 Å². The number of thiophene rings is 1. The van der Waals surface area contributed by atoms with Crippen molar-refractivity contribution in [1.82, 2.24) is 15.0 Å². The molecule has 0 aliphatic rings. The molecule has 10 aromatic rings. The summed E-state index contributed by atoms with van der Waals surface area (Å²) in [7, 11) is 0. The SMILES string of the molecule is c1ccc(-c2ccc(-c3nc(-c4ccc5ccccc5c4)nc(-c4cccc5sc6ccccc6c45)n3)c3c2oc2ccccc23)cc1. The summed E-state index contributed by atoms with van der Waals surface area (Å²) in [5.74, 6) is 1.88. The summed E-state index contributed by atoms with van der Waals surface area (Å²) in [6.45, 7) is 0. The first kappa shape index (κ1) is 27.0. The predicted octanol–water partition coefficient (Wildman–Crippen LogP) is 12.0. The van der Waals surface area contributed by atoms with Gasteiger partial charge in [-0.05, 0) is 52.7 Å². The molecule has 5 heteroatoms. The lowest BCUT2D eigenvalue weighted by Gasteiger charge is -2.12.